The third-order valence-electron chi connectivity index (χ3n) is 5.06. The number of amides is 2. The van der Waals surface area contributed by atoms with Crippen LogP contribution < -0.4 is 10.2 Å². The summed E-state index contributed by atoms with van der Waals surface area (Å²) in [6.45, 7) is 5.16. The molecular weight excluding hydrogens is 321 g/mol. The molecule has 5 nitrogen and oxygen atoms in total. The number of unbranched alkanes of at least 4 members (excludes halogenated alkanes) is 1. The summed E-state index contributed by atoms with van der Waals surface area (Å²) < 4.78 is 13.9. The van der Waals surface area contributed by atoms with E-state index in [0.717, 1.165) is 12.8 Å². The Labute approximate surface area is 148 Å². The zero-order valence-electron chi connectivity index (χ0n) is 14.7. The Morgan fingerprint density at radius 1 is 1.16 bits per heavy atom. The van der Waals surface area contributed by atoms with E-state index in [0.29, 0.717) is 44.8 Å². The third-order valence-corrected chi connectivity index (χ3v) is 5.06. The minimum absolute atomic E-state index is 0.0109. The molecule has 1 saturated carbocycles. The fraction of sp³-hybridized carbons (Fsp3) is 0.579. The Bertz CT molecular complexity index is 629. The Hall–Kier alpha value is -2.11. The van der Waals surface area contributed by atoms with Crippen LogP contribution in [0.4, 0.5) is 10.1 Å². The quantitative estimate of drug-likeness (QED) is 0.801. The minimum Gasteiger partial charge on any atom is -0.366 e. The first-order chi connectivity index (χ1) is 12.1. The van der Waals surface area contributed by atoms with E-state index in [1.54, 1.807) is 12.1 Å². The number of benzene rings is 1. The Kier molecular flexibility index (Phi) is 5.56. The molecule has 136 valence electrons. The van der Waals surface area contributed by atoms with E-state index in [9.17, 15) is 14.0 Å². The standard InChI is InChI=1S/C19H26FN3O2/c1-2-3-8-21-18(24)14-13-15(14)19(25)23-11-9-22(10-12-23)17-7-5-4-6-16(17)20/h4-7,14-15H,2-3,8-13H2,1H3,(H,21,24). The van der Waals surface area contributed by atoms with Gasteiger partial charge in [-0.25, -0.2) is 4.39 Å². The molecule has 2 amide bonds. The summed E-state index contributed by atoms with van der Waals surface area (Å²) in [6.07, 6.45) is 2.67. The maximum Gasteiger partial charge on any atom is 0.226 e. The average Bonchev–Trinajstić information content (AvgIpc) is 3.43. The molecule has 1 saturated heterocycles. The van der Waals surface area contributed by atoms with Crippen LogP contribution in [0.15, 0.2) is 24.3 Å². The van der Waals surface area contributed by atoms with Gasteiger partial charge in [0.15, 0.2) is 0 Å². The summed E-state index contributed by atoms with van der Waals surface area (Å²) in [5.41, 5.74) is 0.592. The molecule has 0 spiro atoms. The van der Waals surface area contributed by atoms with Crippen molar-refractivity contribution in [2.24, 2.45) is 11.8 Å². The lowest BCUT2D eigenvalue weighted by Crippen LogP contribution is -2.49. The molecule has 0 radical (unpaired) electrons. The fourth-order valence-electron chi connectivity index (χ4n) is 3.39. The van der Waals surface area contributed by atoms with Gasteiger partial charge in [-0.3, -0.25) is 9.59 Å². The van der Waals surface area contributed by atoms with Crippen LogP contribution in [-0.4, -0.2) is 49.4 Å². The van der Waals surface area contributed by atoms with E-state index in [-0.39, 0.29) is 29.5 Å². The molecule has 25 heavy (non-hydrogen) atoms. The molecule has 2 unspecified atom stereocenters. The van der Waals surface area contributed by atoms with E-state index < -0.39 is 0 Å². The van der Waals surface area contributed by atoms with Gasteiger partial charge < -0.3 is 15.1 Å². The van der Waals surface area contributed by atoms with Crippen molar-refractivity contribution in [3.8, 4) is 0 Å². The highest BCUT2D eigenvalue weighted by Gasteiger charge is 2.49. The number of nitrogens with zero attached hydrogens (tertiary/aromatic N) is 2. The van der Waals surface area contributed by atoms with Crippen LogP contribution >= 0.6 is 0 Å². The van der Waals surface area contributed by atoms with E-state index in [4.69, 9.17) is 0 Å². The molecule has 0 aromatic heterocycles. The van der Waals surface area contributed by atoms with Crippen molar-refractivity contribution in [2.45, 2.75) is 26.2 Å². The Morgan fingerprint density at radius 2 is 1.88 bits per heavy atom. The molecule has 1 aliphatic carbocycles. The number of halogens is 1. The summed E-state index contributed by atoms with van der Waals surface area (Å²) in [7, 11) is 0. The van der Waals surface area contributed by atoms with Gasteiger partial charge in [-0.05, 0) is 25.0 Å². The largest absolute Gasteiger partial charge is 0.366 e. The number of carbonyl (C=O) groups is 2. The second-order valence-corrected chi connectivity index (χ2v) is 6.86. The number of hydrogen-bond donors (Lipinski definition) is 1. The predicted molar refractivity (Wildman–Crippen MR) is 94.7 cm³/mol. The minimum atomic E-state index is -0.228. The van der Waals surface area contributed by atoms with E-state index in [1.165, 1.54) is 6.07 Å². The lowest BCUT2D eigenvalue weighted by Gasteiger charge is -2.36. The SMILES string of the molecule is CCCCNC(=O)C1CC1C(=O)N1CCN(c2ccccc2F)CC1. The van der Waals surface area contributed by atoms with Crippen LogP contribution in [0.1, 0.15) is 26.2 Å². The van der Waals surface area contributed by atoms with Crippen LogP contribution in [0, 0.1) is 17.7 Å². The van der Waals surface area contributed by atoms with Gasteiger partial charge in [0.25, 0.3) is 0 Å². The van der Waals surface area contributed by atoms with Crippen LogP contribution in [-0.2, 0) is 9.59 Å². The lowest BCUT2D eigenvalue weighted by molar-refractivity contribution is -0.135. The van der Waals surface area contributed by atoms with Crippen LogP contribution in [0.3, 0.4) is 0 Å². The fourth-order valence-corrected chi connectivity index (χ4v) is 3.39. The highest BCUT2D eigenvalue weighted by atomic mass is 19.1. The number of nitrogens with one attached hydrogen (secondary N) is 1. The van der Waals surface area contributed by atoms with Crippen molar-refractivity contribution < 1.29 is 14.0 Å². The first kappa shape index (κ1) is 17.7. The van der Waals surface area contributed by atoms with Gasteiger partial charge in [0.1, 0.15) is 5.82 Å². The van der Waals surface area contributed by atoms with Gasteiger partial charge in [0.05, 0.1) is 17.5 Å². The molecule has 1 heterocycles. The number of anilines is 1. The van der Waals surface area contributed by atoms with Gasteiger partial charge in [0, 0.05) is 32.7 Å². The summed E-state index contributed by atoms with van der Waals surface area (Å²) >= 11 is 0. The summed E-state index contributed by atoms with van der Waals surface area (Å²) in [5, 5.41) is 2.91. The van der Waals surface area contributed by atoms with E-state index in [2.05, 4.69) is 12.2 Å². The van der Waals surface area contributed by atoms with Crippen molar-refractivity contribution in [1.82, 2.24) is 10.2 Å². The molecule has 2 aliphatic rings. The molecular formula is C19H26FN3O2. The average molecular weight is 347 g/mol. The van der Waals surface area contributed by atoms with Crippen molar-refractivity contribution in [2.75, 3.05) is 37.6 Å². The highest BCUT2D eigenvalue weighted by Crippen LogP contribution is 2.40. The van der Waals surface area contributed by atoms with E-state index >= 15 is 0 Å². The monoisotopic (exact) mass is 347 g/mol. The summed E-state index contributed by atoms with van der Waals surface area (Å²) in [6, 6.07) is 6.72. The van der Waals surface area contributed by atoms with Gasteiger partial charge in [0.2, 0.25) is 11.8 Å². The van der Waals surface area contributed by atoms with Crippen molar-refractivity contribution in [3.63, 3.8) is 0 Å². The normalized spacial score (nSPS) is 22.6. The first-order valence-electron chi connectivity index (χ1n) is 9.17. The van der Waals surface area contributed by atoms with Gasteiger partial charge >= 0.3 is 0 Å². The van der Waals surface area contributed by atoms with Gasteiger partial charge in [-0.15, -0.1) is 0 Å². The smallest absolute Gasteiger partial charge is 0.226 e. The molecule has 1 aromatic rings. The lowest BCUT2D eigenvalue weighted by atomic mass is 10.2. The second-order valence-electron chi connectivity index (χ2n) is 6.86. The number of piperazine rings is 1. The number of rotatable bonds is 6. The van der Waals surface area contributed by atoms with Gasteiger partial charge in [-0.2, -0.15) is 0 Å². The zero-order valence-corrected chi connectivity index (χ0v) is 14.7. The summed E-state index contributed by atoms with van der Waals surface area (Å²) in [4.78, 5) is 28.4. The zero-order chi connectivity index (χ0) is 17.8. The topological polar surface area (TPSA) is 52.7 Å². The molecule has 0 bridgehead atoms. The highest BCUT2D eigenvalue weighted by molar-refractivity contribution is 5.92. The molecule has 1 aliphatic heterocycles. The first-order valence-corrected chi connectivity index (χ1v) is 9.17. The molecule has 2 fully saturated rings. The number of para-hydroxylation sites is 1. The number of hydrogen-bond acceptors (Lipinski definition) is 3. The van der Waals surface area contributed by atoms with Crippen LogP contribution in [0.5, 0.6) is 0 Å². The number of carbonyl (C=O) groups excluding carboxylic acids is 2. The maximum absolute atomic E-state index is 13.9. The van der Waals surface area contributed by atoms with Gasteiger partial charge in [-0.1, -0.05) is 25.5 Å². The maximum atomic E-state index is 13.9. The Balaban J connectivity index is 1.47. The van der Waals surface area contributed by atoms with E-state index in [1.807, 2.05) is 15.9 Å². The van der Waals surface area contributed by atoms with Crippen LogP contribution in [0.25, 0.3) is 0 Å². The van der Waals surface area contributed by atoms with Crippen molar-refractivity contribution in [3.05, 3.63) is 30.1 Å². The van der Waals surface area contributed by atoms with Crippen molar-refractivity contribution in [1.29, 1.82) is 0 Å². The third kappa shape index (κ3) is 4.11. The molecule has 2 atom stereocenters. The second kappa shape index (κ2) is 7.85. The Morgan fingerprint density at radius 3 is 2.56 bits per heavy atom. The molecule has 1 N–H and O–H groups in total. The predicted octanol–water partition coefficient (Wildman–Crippen LogP) is 2.03. The summed E-state index contributed by atoms with van der Waals surface area (Å²) in [5.74, 6) is -0.468. The molecule has 6 heteroatoms. The van der Waals surface area contributed by atoms with Crippen LogP contribution in [0.2, 0.25) is 0 Å². The van der Waals surface area contributed by atoms with Crippen molar-refractivity contribution >= 4 is 17.5 Å². The molecule has 1 aromatic carbocycles. The molecule has 3 rings (SSSR count).